The van der Waals surface area contributed by atoms with Crippen molar-refractivity contribution in [2.75, 3.05) is 26.1 Å². The Morgan fingerprint density at radius 3 is 2.31 bits per heavy atom. The minimum atomic E-state index is -1.13. The number of carboxylic acids is 1. The molecule has 11 nitrogen and oxygen atoms in total. The molecule has 0 radical (unpaired) electrons. The molecule has 2 atom stereocenters. The van der Waals surface area contributed by atoms with E-state index in [0.29, 0.717) is 33.5 Å². The summed E-state index contributed by atoms with van der Waals surface area (Å²) in [6, 6.07) is 15.9. The number of hydrogen-bond acceptors (Lipinski definition) is 7. The summed E-state index contributed by atoms with van der Waals surface area (Å²) in [6.45, 7) is 1.64. The average molecular weight is 555 g/mol. The SMILES string of the molecule is COc1ccc(C(CNC(=O)[C@@H](C)NC(=O)c2ccc(NC(=O)NCc3ccccc3)s2)C(=O)O)cc1OC. The second kappa shape index (κ2) is 13.8. The molecule has 5 N–H and O–H groups in total. The lowest BCUT2D eigenvalue weighted by Gasteiger charge is -2.18. The maximum atomic E-state index is 12.6. The number of carbonyl (C=O) groups is 4. The lowest BCUT2D eigenvalue weighted by molar-refractivity contribution is -0.138. The van der Waals surface area contributed by atoms with E-state index in [9.17, 15) is 24.3 Å². The summed E-state index contributed by atoms with van der Waals surface area (Å²) in [7, 11) is 2.91. The van der Waals surface area contributed by atoms with Crippen molar-refractivity contribution in [1.29, 1.82) is 0 Å². The molecule has 1 aromatic heterocycles. The van der Waals surface area contributed by atoms with Crippen LogP contribution in [0.15, 0.2) is 60.7 Å². The fourth-order valence-electron chi connectivity index (χ4n) is 3.57. The number of ether oxygens (including phenoxy) is 2. The van der Waals surface area contributed by atoms with Gasteiger partial charge in [0.15, 0.2) is 11.5 Å². The summed E-state index contributed by atoms with van der Waals surface area (Å²) in [4.78, 5) is 49.6. The fraction of sp³-hybridized carbons (Fsp3) is 0.259. The van der Waals surface area contributed by atoms with Crippen LogP contribution in [0, 0.1) is 0 Å². The van der Waals surface area contributed by atoms with Gasteiger partial charge < -0.3 is 30.5 Å². The largest absolute Gasteiger partial charge is 0.493 e. The van der Waals surface area contributed by atoms with Crippen molar-refractivity contribution in [2.45, 2.75) is 25.4 Å². The number of carboxylic acid groups (broad SMARTS) is 1. The molecule has 206 valence electrons. The molecule has 0 spiro atoms. The third-order valence-electron chi connectivity index (χ3n) is 5.69. The van der Waals surface area contributed by atoms with Crippen LogP contribution in [0.1, 0.15) is 33.6 Å². The summed E-state index contributed by atoms with van der Waals surface area (Å²) < 4.78 is 10.4. The standard InChI is InChI=1S/C27H30N4O7S/c1-16(24(32)28-15-19(26(34)35)18-9-10-20(37-2)21(13-18)38-3)30-25(33)22-11-12-23(39-22)31-27(36)29-14-17-7-5-4-6-8-17/h4-13,16,19H,14-15H2,1-3H3,(H,28,32)(H,30,33)(H,34,35)(H2,29,31,36)/t16-,19?/m1/s1. The molecule has 0 aliphatic carbocycles. The topological polar surface area (TPSA) is 155 Å². The van der Waals surface area contributed by atoms with Gasteiger partial charge in [-0.3, -0.25) is 19.7 Å². The summed E-state index contributed by atoms with van der Waals surface area (Å²) in [5.41, 5.74) is 1.37. The third-order valence-corrected chi connectivity index (χ3v) is 6.69. The molecule has 0 aliphatic heterocycles. The van der Waals surface area contributed by atoms with E-state index in [4.69, 9.17) is 9.47 Å². The normalized spacial score (nSPS) is 12.0. The summed E-state index contributed by atoms with van der Waals surface area (Å²) >= 11 is 1.06. The zero-order chi connectivity index (χ0) is 28.4. The molecule has 0 aliphatic rings. The van der Waals surface area contributed by atoms with Crippen molar-refractivity contribution in [2.24, 2.45) is 0 Å². The minimum absolute atomic E-state index is 0.199. The summed E-state index contributed by atoms with van der Waals surface area (Å²) in [5.74, 6) is -2.42. The van der Waals surface area contributed by atoms with Gasteiger partial charge in [0.2, 0.25) is 5.91 Å². The Labute approximate surface area is 229 Å². The van der Waals surface area contributed by atoms with Crippen molar-refractivity contribution in [1.82, 2.24) is 16.0 Å². The number of hydrogen-bond donors (Lipinski definition) is 5. The Kier molecular flexibility index (Phi) is 10.3. The Morgan fingerprint density at radius 2 is 1.64 bits per heavy atom. The molecule has 3 rings (SSSR count). The number of rotatable bonds is 12. The molecule has 1 unspecified atom stereocenters. The van der Waals surface area contributed by atoms with Crippen molar-refractivity contribution in [3.8, 4) is 11.5 Å². The Bertz CT molecular complexity index is 1310. The number of carbonyl (C=O) groups excluding carboxylic acids is 3. The predicted molar refractivity (Wildman–Crippen MR) is 146 cm³/mol. The van der Waals surface area contributed by atoms with Crippen molar-refractivity contribution in [3.05, 3.63) is 76.7 Å². The van der Waals surface area contributed by atoms with Crippen LogP contribution < -0.4 is 30.7 Å². The molecule has 0 saturated carbocycles. The maximum absolute atomic E-state index is 12.6. The number of anilines is 1. The fourth-order valence-corrected chi connectivity index (χ4v) is 4.37. The molecular weight excluding hydrogens is 524 g/mol. The van der Waals surface area contributed by atoms with Crippen LogP contribution >= 0.6 is 11.3 Å². The smallest absolute Gasteiger partial charge is 0.320 e. The monoisotopic (exact) mass is 554 g/mol. The van der Waals surface area contributed by atoms with E-state index in [1.54, 1.807) is 24.3 Å². The van der Waals surface area contributed by atoms with E-state index in [1.807, 2.05) is 30.3 Å². The van der Waals surface area contributed by atoms with Gasteiger partial charge in [0, 0.05) is 13.1 Å². The van der Waals surface area contributed by atoms with Gasteiger partial charge in [-0.05, 0) is 42.3 Å². The molecule has 2 aromatic carbocycles. The van der Waals surface area contributed by atoms with E-state index in [1.165, 1.54) is 27.2 Å². The van der Waals surface area contributed by atoms with Gasteiger partial charge >= 0.3 is 12.0 Å². The first-order valence-corrected chi connectivity index (χ1v) is 12.7. The first kappa shape index (κ1) is 29.0. The highest BCUT2D eigenvalue weighted by Crippen LogP contribution is 2.30. The van der Waals surface area contributed by atoms with Gasteiger partial charge in [-0.1, -0.05) is 36.4 Å². The lowest BCUT2D eigenvalue weighted by atomic mass is 9.98. The zero-order valence-corrected chi connectivity index (χ0v) is 22.5. The Morgan fingerprint density at radius 1 is 0.923 bits per heavy atom. The molecule has 12 heteroatoms. The first-order chi connectivity index (χ1) is 18.7. The number of nitrogens with one attached hydrogen (secondary N) is 4. The molecule has 39 heavy (non-hydrogen) atoms. The maximum Gasteiger partial charge on any atom is 0.320 e. The van der Waals surface area contributed by atoms with Crippen molar-refractivity contribution in [3.63, 3.8) is 0 Å². The van der Waals surface area contributed by atoms with Crippen LogP contribution in [0.25, 0.3) is 0 Å². The second-order valence-corrected chi connectivity index (χ2v) is 9.49. The van der Waals surface area contributed by atoms with E-state index in [0.717, 1.165) is 16.9 Å². The van der Waals surface area contributed by atoms with Gasteiger partial charge in [0.05, 0.1) is 30.0 Å². The number of methoxy groups -OCH3 is 2. The van der Waals surface area contributed by atoms with E-state index in [-0.39, 0.29) is 6.54 Å². The van der Waals surface area contributed by atoms with E-state index >= 15 is 0 Å². The molecule has 4 amide bonds. The van der Waals surface area contributed by atoms with Gasteiger partial charge in [-0.25, -0.2) is 4.79 Å². The minimum Gasteiger partial charge on any atom is -0.493 e. The molecule has 3 aromatic rings. The van der Waals surface area contributed by atoms with Crippen LogP contribution in [0.2, 0.25) is 0 Å². The molecule has 1 heterocycles. The van der Waals surface area contributed by atoms with Gasteiger partial charge in [0.1, 0.15) is 6.04 Å². The van der Waals surface area contributed by atoms with Crippen LogP contribution in [0.5, 0.6) is 11.5 Å². The number of benzene rings is 2. The number of thiophene rings is 1. The number of amides is 4. The molecule has 0 fully saturated rings. The van der Waals surface area contributed by atoms with Crippen molar-refractivity contribution >= 4 is 40.2 Å². The quantitative estimate of drug-likeness (QED) is 0.230. The van der Waals surface area contributed by atoms with E-state index < -0.39 is 35.8 Å². The van der Waals surface area contributed by atoms with Gasteiger partial charge in [-0.15, -0.1) is 11.3 Å². The number of urea groups is 1. The van der Waals surface area contributed by atoms with Crippen LogP contribution in [0.4, 0.5) is 9.80 Å². The Hall–Kier alpha value is -4.58. The van der Waals surface area contributed by atoms with Crippen molar-refractivity contribution < 1.29 is 33.8 Å². The zero-order valence-electron chi connectivity index (χ0n) is 21.6. The van der Waals surface area contributed by atoms with Gasteiger partial charge in [-0.2, -0.15) is 0 Å². The second-order valence-electron chi connectivity index (χ2n) is 8.40. The van der Waals surface area contributed by atoms with Crippen LogP contribution in [0.3, 0.4) is 0 Å². The third kappa shape index (κ3) is 8.20. The highest BCUT2D eigenvalue weighted by atomic mass is 32.1. The number of aliphatic carboxylic acids is 1. The highest BCUT2D eigenvalue weighted by Gasteiger charge is 2.24. The van der Waals surface area contributed by atoms with Crippen LogP contribution in [-0.4, -0.2) is 55.7 Å². The highest BCUT2D eigenvalue weighted by molar-refractivity contribution is 7.18. The van der Waals surface area contributed by atoms with E-state index in [2.05, 4.69) is 21.3 Å². The molecular formula is C27H30N4O7S. The lowest BCUT2D eigenvalue weighted by Crippen LogP contribution is -2.46. The molecule has 0 bridgehead atoms. The Balaban J connectivity index is 1.51. The summed E-state index contributed by atoms with van der Waals surface area (Å²) in [6.07, 6.45) is 0. The first-order valence-electron chi connectivity index (χ1n) is 11.9. The molecule has 0 saturated heterocycles. The predicted octanol–water partition coefficient (Wildman–Crippen LogP) is 3.19. The summed E-state index contributed by atoms with van der Waals surface area (Å²) in [5, 5.41) is 20.7. The average Bonchev–Trinajstić information content (AvgIpc) is 3.40. The van der Waals surface area contributed by atoms with Gasteiger partial charge in [0.25, 0.3) is 5.91 Å². The van der Waals surface area contributed by atoms with Crippen LogP contribution in [-0.2, 0) is 16.1 Å².